The summed E-state index contributed by atoms with van der Waals surface area (Å²) >= 11 is 0. The lowest BCUT2D eigenvalue weighted by atomic mass is 9.83. The lowest BCUT2D eigenvalue weighted by Crippen LogP contribution is -2.44. The van der Waals surface area contributed by atoms with Crippen molar-refractivity contribution >= 4 is 12.0 Å². The summed E-state index contributed by atoms with van der Waals surface area (Å²) in [5.74, 6) is 0.245. The number of carbonyl (C=O) groups is 2. The van der Waals surface area contributed by atoms with Gasteiger partial charge in [0.25, 0.3) is 0 Å². The van der Waals surface area contributed by atoms with Gasteiger partial charge in [0.2, 0.25) is 0 Å². The number of aliphatic carboxylic acids is 1. The number of nitrogens with one attached hydrogen (secondary N) is 2. The van der Waals surface area contributed by atoms with Crippen molar-refractivity contribution in [3.63, 3.8) is 0 Å². The second kappa shape index (κ2) is 9.64. The lowest BCUT2D eigenvalue weighted by Gasteiger charge is -2.29. The first kappa shape index (κ1) is 17.8. The zero-order chi connectivity index (χ0) is 15.7. The number of carboxylic acid groups (broad SMARTS) is 1. The number of urea groups is 1. The fraction of sp³-hybridized carbons (Fsp3) is 0.875. The van der Waals surface area contributed by atoms with Gasteiger partial charge in [-0.2, -0.15) is 0 Å². The Morgan fingerprint density at radius 1 is 1.24 bits per heavy atom. The van der Waals surface area contributed by atoms with Gasteiger partial charge in [0, 0.05) is 19.0 Å². The predicted molar refractivity (Wildman–Crippen MR) is 83.2 cm³/mol. The van der Waals surface area contributed by atoms with Gasteiger partial charge in [-0.3, -0.25) is 4.79 Å². The van der Waals surface area contributed by atoms with Crippen LogP contribution in [-0.4, -0.2) is 29.7 Å². The van der Waals surface area contributed by atoms with Crippen molar-refractivity contribution in [2.45, 2.75) is 71.3 Å². The van der Waals surface area contributed by atoms with Crippen LogP contribution in [0.2, 0.25) is 0 Å². The minimum Gasteiger partial charge on any atom is -0.481 e. The molecule has 21 heavy (non-hydrogen) atoms. The zero-order valence-electron chi connectivity index (χ0n) is 13.4. The molecule has 0 spiro atoms. The van der Waals surface area contributed by atoms with E-state index in [1.54, 1.807) is 0 Å². The van der Waals surface area contributed by atoms with Crippen molar-refractivity contribution in [1.82, 2.24) is 10.6 Å². The molecule has 0 saturated heterocycles. The van der Waals surface area contributed by atoms with Crippen molar-refractivity contribution in [3.8, 4) is 0 Å². The van der Waals surface area contributed by atoms with Crippen LogP contribution >= 0.6 is 0 Å². The molecule has 1 saturated carbocycles. The third-order valence-electron chi connectivity index (χ3n) is 4.34. The average Bonchev–Trinajstić information content (AvgIpc) is 2.45. The summed E-state index contributed by atoms with van der Waals surface area (Å²) < 4.78 is 0. The minimum absolute atomic E-state index is 0.115. The molecular formula is C16H30N2O3. The van der Waals surface area contributed by atoms with Crippen LogP contribution in [0.1, 0.15) is 65.2 Å². The second-order valence-electron chi connectivity index (χ2n) is 6.40. The topological polar surface area (TPSA) is 78.4 Å². The lowest BCUT2D eigenvalue weighted by molar-refractivity contribution is -0.137. The predicted octanol–water partition coefficient (Wildman–Crippen LogP) is 3.15. The molecular weight excluding hydrogens is 268 g/mol. The van der Waals surface area contributed by atoms with Crippen LogP contribution in [0, 0.1) is 11.8 Å². The first-order valence-corrected chi connectivity index (χ1v) is 8.27. The Morgan fingerprint density at radius 2 is 1.90 bits per heavy atom. The molecule has 0 bridgehead atoms. The molecule has 5 nitrogen and oxygen atoms in total. The van der Waals surface area contributed by atoms with Crippen LogP contribution < -0.4 is 10.6 Å². The van der Waals surface area contributed by atoms with Gasteiger partial charge < -0.3 is 15.7 Å². The molecule has 1 aliphatic carbocycles. The van der Waals surface area contributed by atoms with E-state index in [-0.39, 0.29) is 18.4 Å². The highest BCUT2D eigenvalue weighted by Crippen LogP contribution is 2.27. The Morgan fingerprint density at radius 3 is 2.48 bits per heavy atom. The molecule has 0 aromatic rings. The summed E-state index contributed by atoms with van der Waals surface area (Å²) in [5, 5.41) is 14.5. The third kappa shape index (κ3) is 7.93. The maximum atomic E-state index is 11.8. The summed E-state index contributed by atoms with van der Waals surface area (Å²) in [6.45, 7) is 4.72. The zero-order valence-corrected chi connectivity index (χ0v) is 13.4. The Hall–Kier alpha value is -1.26. The Labute approximate surface area is 127 Å². The van der Waals surface area contributed by atoms with Crippen molar-refractivity contribution in [2.24, 2.45) is 11.8 Å². The number of carboxylic acids is 1. The smallest absolute Gasteiger partial charge is 0.315 e. The average molecular weight is 298 g/mol. The molecule has 1 rings (SSSR count). The molecule has 0 aliphatic heterocycles. The molecule has 0 heterocycles. The normalized spacial score (nSPS) is 23.3. The summed E-state index contributed by atoms with van der Waals surface area (Å²) in [6.07, 6.45) is 7.89. The number of rotatable bonds is 8. The van der Waals surface area contributed by atoms with Gasteiger partial charge in [-0.25, -0.2) is 4.79 Å². The van der Waals surface area contributed by atoms with E-state index in [0.29, 0.717) is 19.0 Å². The van der Waals surface area contributed by atoms with E-state index in [4.69, 9.17) is 5.11 Å². The van der Waals surface area contributed by atoms with Crippen LogP contribution in [0.25, 0.3) is 0 Å². The summed E-state index contributed by atoms with van der Waals surface area (Å²) in [5.41, 5.74) is 0. The number of carbonyl (C=O) groups excluding carboxylic acids is 1. The highest BCUT2D eigenvalue weighted by atomic mass is 16.4. The fourth-order valence-electron chi connectivity index (χ4n) is 2.98. The molecule has 1 aliphatic rings. The van der Waals surface area contributed by atoms with E-state index in [2.05, 4.69) is 17.6 Å². The largest absolute Gasteiger partial charge is 0.481 e. The van der Waals surface area contributed by atoms with E-state index in [1.807, 2.05) is 6.92 Å². The summed E-state index contributed by atoms with van der Waals surface area (Å²) in [4.78, 5) is 22.3. The van der Waals surface area contributed by atoms with Crippen molar-refractivity contribution < 1.29 is 14.7 Å². The Bertz CT molecular complexity index is 325. The van der Waals surface area contributed by atoms with Crippen molar-refractivity contribution in [3.05, 3.63) is 0 Å². The van der Waals surface area contributed by atoms with Crippen molar-refractivity contribution in [2.75, 3.05) is 6.54 Å². The highest BCUT2D eigenvalue weighted by Gasteiger charge is 2.21. The molecule has 1 unspecified atom stereocenters. The van der Waals surface area contributed by atoms with Gasteiger partial charge in [0.1, 0.15) is 0 Å². The molecule has 3 N–H and O–H groups in total. The van der Waals surface area contributed by atoms with Gasteiger partial charge in [-0.15, -0.1) is 0 Å². The van der Waals surface area contributed by atoms with Crippen LogP contribution in [0.4, 0.5) is 4.79 Å². The van der Waals surface area contributed by atoms with Gasteiger partial charge in [0.15, 0.2) is 0 Å². The number of hydrogen-bond donors (Lipinski definition) is 3. The first-order valence-electron chi connectivity index (χ1n) is 8.27. The Balaban J connectivity index is 2.12. The van der Waals surface area contributed by atoms with E-state index >= 15 is 0 Å². The number of hydrogen-bond acceptors (Lipinski definition) is 2. The quantitative estimate of drug-likeness (QED) is 0.644. The molecule has 122 valence electrons. The van der Waals surface area contributed by atoms with E-state index in [9.17, 15) is 9.59 Å². The van der Waals surface area contributed by atoms with Gasteiger partial charge >= 0.3 is 12.0 Å². The SMILES string of the molecule is CCCC1CCC(NC(=O)NCC(C)CCC(=O)O)CC1. The highest BCUT2D eigenvalue weighted by molar-refractivity contribution is 5.74. The molecule has 0 aromatic carbocycles. The second-order valence-corrected chi connectivity index (χ2v) is 6.40. The van der Waals surface area contributed by atoms with Crippen molar-refractivity contribution in [1.29, 1.82) is 0 Å². The molecule has 2 amide bonds. The minimum atomic E-state index is -0.782. The van der Waals surface area contributed by atoms with Gasteiger partial charge in [0.05, 0.1) is 0 Å². The van der Waals surface area contributed by atoms with Crippen LogP contribution in [-0.2, 0) is 4.79 Å². The third-order valence-corrected chi connectivity index (χ3v) is 4.34. The summed E-state index contributed by atoms with van der Waals surface area (Å²) in [6, 6.07) is 0.184. The first-order chi connectivity index (χ1) is 10.0. The molecule has 1 fully saturated rings. The van der Waals surface area contributed by atoms with Gasteiger partial charge in [-0.05, 0) is 43.9 Å². The van der Waals surface area contributed by atoms with Crippen LogP contribution in [0.5, 0.6) is 0 Å². The maximum Gasteiger partial charge on any atom is 0.315 e. The molecule has 1 atom stereocenters. The van der Waals surface area contributed by atoms with E-state index in [1.165, 1.54) is 25.7 Å². The standard InChI is InChI=1S/C16H30N2O3/c1-3-4-13-6-8-14(9-7-13)18-16(21)17-11-12(2)5-10-15(19)20/h12-14H,3-11H2,1-2H3,(H,19,20)(H2,17,18,21). The summed E-state index contributed by atoms with van der Waals surface area (Å²) in [7, 11) is 0. The van der Waals surface area contributed by atoms with Crippen LogP contribution in [0.15, 0.2) is 0 Å². The van der Waals surface area contributed by atoms with Gasteiger partial charge in [-0.1, -0.05) is 26.7 Å². The number of amides is 2. The maximum absolute atomic E-state index is 11.8. The molecule has 0 aromatic heterocycles. The van der Waals surface area contributed by atoms with Crippen LogP contribution in [0.3, 0.4) is 0 Å². The Kier molecular flexibility index (Phi) is 8.16. The molecule has 0 radical (unpaired) electrons. The van der Waals surface area contributed by atoms with E-state index in [0.717, 1.165) is 18.8 Å². The van der Waals surface area contributed by atoms with E-state index < -0.39 is 5.97 Å². The monoisotopic (exact) mass is 298 g/mol. The molecule has 5 heteroatoms. The fourth-order valence-corrected chi connectivity index (χ4v) is 2.98.